The molecule has 146 valence electrons. The van der Waals surface area contributed by atoms with E-state index in [0.29, 0.717) is 24.3 Å². The molecule has 0 fully saturated rings. The number of para-hydroxylation sites is 1. The summed E-state index contributed by atoms with van der Waals surface area (Å²) in [5, 5.41) is 3.85. The topological polar surface area (TPSA) is 65.2 Å². The van der Waals surface area contributed by atoms with Gasteiger partial charge < -0.3 is 15.2 Å². The minimum Gasteiger partial charge on any atom is -0.361 e. The molecule has 3 heterocycles. The second kappa shape index (κ2) is 6.88. The summed E-state index contributed by atoms with van der Waals surface area (Å²) in [6, 6.07) is 12.4. The number of fused-ring (bicyclic) bond motifs is 2. The number of H-pyrrole nitrogens is 1. The Morgan fingerprint density at radius 2 is 2.03 bits per heavy atom. The molecular weight excluding hydrogens is 369 g/mol. The largest absolute Gasteiger partial charge is 0.361 e. The number of nitrogens with zero attached hydrogens (tertiary/aromatic N) is 1. The van der Waals surface area contributed by atoms with E-state index in [4.69, 9.17) is 0 Å². The van der Waals surface area contributed by atoms with Crippen LogP contribution in [0.1, 0.15) is 29.9 Å². The molecule has 0 saturated heterocycles. The molecule has 0 spiro atoms. The molecule has 6 heteroatoms. The van der Waals surface area contributed by atoms with Crippen LogP contribution in [-0.2, 0) is 9.59 Å². The number of halogens is 1. The third kappa shape index (κ3) is 3.10. The van der Waals surface area contributed by atoms with Gasteiger partial charge in [-0.1, -0.05) is 30.3 Å². The lowest BCUT2D eigenvalue weighted by atomic mass is 9.88. The summed E-state index contributed by atoms with van der Waals surface area (Å²) in [5.74, 6) is -1.33. The van der Waals surface area contributed by atoms with Crippen LogP contribution in [0.2, 0.25) is 0 Å². The molecule has 0 aliphatic carbocycles. The average Bonchev–Trinajstić information content (AvgIpc) is 3.16. The van der Waals surface area contributed by atoms with Crippen molar-refractivity contribution in [2.24, 2.45) is 0 Å². The molecule has 1 atom stereocenters. The van der Waals surface area contributed by atoms with Crippen LogP contribution >= 0.6 is 0 Å². The lowest BCUT2D eigenvalue weighted by molar-refractivity contribution is -0.134. The number of hydrogen-bond acceptors (Lipinski definition) is 2. The summed E-state index contributed by atoms with van der Waals surface area (Å²) < 4.78 is 13.5. The number of carbonyl (C=O) groups excluding carboxylic acids is 2. The Morgan fingerprint density at radius 1 is 1.17 bits per heavy atom. The Balaban J connectivity index is 1.38. The normalized spacial score (nSPS) is 18.9. The van der Waals surface area contributed by atoms with Gasteiger partial charge in [-0.15, -0.1) is 0 Å². The number of aromatic amines is 1. The molecule has 0 unspecified atom stereocenters. The number of aromatic nitrogens is 1. The average molecular weight is 389 g/mol. The van der Waals surface area contributed by atoms with Gasteiger partial charge >= 0.3 is 0 Å². The Morgan fingerprint density at radius 3 is 2.86 bits per heavy atom. The van der Waals surface area contributed by atoms with Crippen molar-refractivity contribution in [3.8, 4) is 0 Å². The summed E-state index contributed by atoms with van der Waals surface area (Å²) in [5.41, 5.74) is 4.56. The maximum atomic E-state index is 13.5. The Bertz CT molecular complexity index is 1160. The highest BCUT2D eigenvalue weighted by Gasteiger charge is 2.34. The number of anilines is 1. The van der Waals surface area contributed by atoms with Crippen LogP contribution in [0.4, 0.5) is 10.1 Å². The maximum absolute atomic E-state index is 13.5. The van der Waals surface area contributed by atoms with Crippen molar-refractivity contribution in [2.75, 3.05) is 18.4 Å². The second-order valence-corrected chi connectivity index (χ2v) is 7.55. The fourth-order valence-electron chi connectivity index (χ4n) is 4.33. The van der Waals surface area contributed by atoms with E-state index in [0.717, 1.165) is 11.9 Å². The third-order valence-electron chi connectivity index (χ3n) is 5.81. The molecule has 2 aliphatic rings. The van der Waals surface area contributed by atoms with Gasteiger partial charge in [0.05, 0.1) is 5.92 Å². The van der Waals surface area contributed by atoms with Crippen molar-refractivity contribution in [1.29, 1.82) is 0 Å². The predicted octanol–water partition coefficient (Wildman–Crippen LogP) is 4.05. The zero-order valence-corrected chi connectivity index (χ0v) is 15.7. The second-order valence-electron chi connectivity index (χ2n) is 7.55. The van der Waals surface area contributed by atoms with Crippen molar-refractivity contribution in [1.82, 2.24) is 9.88 Å². The lowest BCUT2D eigenvalue weighted by Crippen LogP contribution is -2.40. The van der Waals surface area contributed by atoms with E-state index in [1.807, 2.05) is 24.4 Å². The number of carbonyl (C=O) groups is 2. The van der Waals surface area contributed by atoms with E-state index in [1.165, 1.54) is 28.7 Å². The molecular formula is C23H20FN3O2. The molecule has 2 aromatic carbocycles. The monoisotopic (exact) mass is 389 g/mol. The molecule has 3 aromatic rings. The number of nitrogens with one attached hydrogen (secondary N) is 2. The molecule has 2 N–H and O–H groups in total. The highest BCUT2D eigenvalue weighted by molar-refractivity contribution is 6.01. The van der Waals surface area contributed by atoms with Crippen LogP contribution in [0.15, 0.2) is 54.7 Å². The van der Waals surface area contributed by atoms with Gasteiger partial charge in [0.25, 0.3) is 0 Å². The minimum atomic E-state index is -0.567. The maximum Gasteiger partial charge on any atom is 0.231 e. The zero-order chi connectivity index (χ0) is 20.0. The number of amides is 2. The van der Waals surface area contributed by atoms with E-state index < -0.39 is 11.7 Å². The van der Waals surface area contributed by atoms with E-state index >= 15 is 0 Å². The molecule has 1 aromatic heterocycles. The predicted molar refractivity (Wildman–Crippen MR) is 110 cm³/mol. The lowest BCUT2D eigenvalue weighted by Gasteiger charge is -2.32. The van der Waals surface area contributed by atoms with Crippen LogP contribution in [-0.4, -0.2) is 34.8 Å². The first-order valence-corrected chi connectivity index (χ1v) is 9.74. The Hall–Kier alpha value is -3.41. The fraction of sp³-hybridized carbons (Fsp3) is 0.217. The molecule has 29 heavy (non-hydrogen) atoms. The Kier molecular flexibility index (Phi) is 4.19. The quantitative estimate of drug-likeness (QED) is 0.695. The SMILES string of the molecule is O=C1C[C@H](C(=O)N2CC=C(c3c[nH]c4ccccc34)CC2)c2ccc(F)cc2N1. The smallest absolute Gasteiger partial charge is 0.231 e. The first-order chi connectivity index (χ1) is 14.1. The van der Waals surface area contributed by atoms with Gasteiger partial charge in [-0.25, -0.2) is 4.39 Å². The molecule has 5 nitrogen and oxygen atoms in total. The summed E-state index contributed by atoms with van der Waals surface area (Å²) >= 11 is 0. The van der Waals surface area contributed by atoms with Gasteiger partial charge in [-0.05, 0) is 35.8 Å². The van der Waals surface area contributed by atoms with Crippen LogP contribution in [0, 0.1) is 5.82 Å². The van der Waals surface area contributed by atoms with Crippen molar-refractivity contribution >= 4 is 34.0 Å². The number of hydrogen-bond donors (Lipinski definition) is 2. The van der Waals surface area contributed by atoms with Crippen LogP contribution in [0.5, 0.6) is 0 Å². The highest BCUT2D eigenvalue weighted by Crippen LogP contribution is 2.35. The molecule has 0 saturated carbocycles. The van der Waals surface area contributed by atoms with Gasteiger partial charge in [0, 0.05) is 47.9 Å². The molecule has 2 amide bonds. The summed E-state index contributed by atoms with van der Waals surface area (Å²) in [6.07, 6.45) is 4.95. The van der Waals surface area contributed by atoms with Gasteiger partial charge in [0.2, 0.25) is 11.8 Å². The van der Waals surface area contributed by atoms with Gasteiger partial charge in [0.1, 0.15) is 5.82 Å². The van der Waals surface area contributed by atoms with Gasteiger partial charge in [0.15, 0.2) is 0 Å². The molecule has 2 aliphatic heterocycles. The summed E-state index contributed by atoms with van der Waals surface area (Å²) in [4.78, 5) is 30.3. The van der Waals surface area contributed by atoms with E-state index in [9.17, 15) is 14.0 Å². The van der Waals surface area contributed by atoms with Crippen LogP contribution in [0.3, 0.4) is 0 Å². The molecule has 0 bridgehead atoms. The van der Waals surface area contributed by atoms with Crippen LogP contribution < -0.4 is 5.32 Å². The van der Waals surface area contributed by atoms with E-state index in [1.54, 1.807) is 11.0 Å². The number of benzene rings is 2. The number of rotatable bonds is 2. The molecule has 5 rings (SSSR count). The van der Waals surface area contributed by atoms with Gasteiger partial charge in [-0.3, -0.25) is 9.59 Å². The van der Waals surface area contributed by atoms with E-state index in [2.05, 4.69) is 22.4 Å². The van der Waals surface area contributed by atoms with Crippen molar-refractivity contribution in [2.45, 2.75) is 18.8 Å². The molecule has 0 radical (unpaired) electrons. The fourth-order valence-corrected chi connectivity index (χ4v) is 4.33. The third-order valence-corrected chi connectivity index (χ3v) is 5.81. The van der Waals surface area contributed by atoms with Crippen molar-refractivity contribution in [3.63, 3.8) is 0 Å². The van der Waals surface area contributed by atoms with Crippen molar-refractivity contribution in [3.05, 3.63) is 71.7 Å². The van der Waals surface area contributed by atoms with Crippen molar-refractivity contribution < 1.29 is 14.0 Å². The zero-order valence-electron chi connectivity index (χ0n) is 15.7. The Labute approximate surface area is 167 Å². The van der Waals surface area contributed by atoms with E-state index in [-0.39, 0.29) is 18.2 Å². The summed E-state index contributed by atoms with van der Waals surface area (Å²) in [7, 11) is 0. The standard InChI is InChI=1S/C23H20FN3O2/c24-15-5-6-17-18(12-22(28)26-21(17)11-15)23(29)27-9-7-14(8-10-27)19-13-25-20-4-2-1-3-16(19)20/h1-7,11,13,18,25H,8-10,12H2,(H,26,28)/t18-/m0/s1. The first kappa shape index (κ1) is 17.7. The first-order valence-electron chi connectivity index (χ1n) is 9.74. The minimum absolute atomic E-state index is 0.0815. The van der Waals surface area contributed by atoms with Gasteiger partial charge in [-0.2, -0.15) is 0 Å². The van der Waals surface area contributed by atoms with Crippen LogP contribution in [0.25, 0.3) is 16.5 Å². The summed E-state index contributed by atoms with van der Waals surface area (Å²) in [6.45, 7) is 1.10. The highest BCUT2D eigenvalue weighted by atomic mass is 19.1.